The molecule has 0 saturated carbocycles. The first-order valence-corrected chi connectivity index (χ1v) is 10.7. The van der Waals surface area contributed by atoms with Crippen molar-refractivity contribution in [2.75, 3.05) is 5.75 Å². The molecule has 164 valence electrons. The molecular weight excluding hydrogens is 437 g/mol. The topological polar surface area (TPSA) is 105 Å². The van der Waals surface area contributed by atoms with Gasteiger partial charge in [0.15, 0.2) is 21.2 Å². The molecule has 0 N–H and O–H groups in total. The van der Waals surface area contributed by atoms with Gasteiger partial charge in [-0.25, -0.2) is 18.2 Å². The molecule has 31 heavy (non-hydrogen) atoms. The van der Waals surface area contributed by atoms with Crippen molar-refractivity contribution in [3.63, 3.8) is 0 Å². The van der Waals surface area contributed by atoms with Crippen LogP contribution in [0.2, 0.25) is 0 Å². The van der Waals surface area contributed by atoms with Crippen LogP contribution in [0, 0.1) is 0 Å². The van der Waals surface area contributed by atoms with E-state index in [9.17, 15) is 26.4 Å². The van der Waals surface area contributed by atoms with Crippen molar-refractivity contribution in [3.8, 4) is 11.4 Å². The minimum Gasteiger partial charge on any atom is -0.310 e. The number of halogens is 3. The third-order valence-corrected chi connectivity index (χ3v) is 7.00. The Labute approximate surface area is 173 Å². The molecule has 4 rings (SSSR count). The van der Waals surface area contributed by atoms with Crippen LogP contribution in [0.25, 0.3) is 33.6 Å². The Hall–Kier alpha value is -3.22. The lowest BCUT2D eigenvalue weighted by Crippen LogP contribution is -2.19. The molecule has 0 radical (unpaired) electrons. The summed E-state index contributed by atoms with van der Waals surface area (Å²) >= 11 is 0. The van der Waals surface area contributed by atoms with E-state index in [-0.39, 0.29) is 38.9 Å². The molecule has 0 spiro atoms. The standard InChI is InChI=1S/C18H17F3N6O3S/c1-5-31(29,30)13-8-12-11(25(2)17(28)26(12)3)6-9(13)15-22-10-7-14(18(19,20)21)23-24-16(10)27(15)4/h6-8H,5H2,1-4H3. The van der Waals surface area contributed by atoms with Crippen molar-refractivity contribution >= 4 is 32.0 Å². The highest BCUT2D eigenvalue weighted by molar-refractivity contribution is 7.91. The van der Waals surface area contributed by atoms with Crippen molar-refractivity contribution in [3.05, 3.63) is 34.4 Å². The second kappa shape index (κ2) is 6.64. The molecular formula is C18H17F3N6O3S. The van der Waals surface area contributed by atoms with Gasteiger partial charge >= 0.3 is 11.9 Å². The summed E-state index contributed by atoms with van der Waals surface area (Å²) in [5.74, 6) is -0.123. The van der Waals surface area contributed by atoms with Crippen LogP contribution in [-0.4, -0.2) is 43.1 Å². The van der Waals surface area contributed by atoms with Crippen LogP contribution in [0.15, 0.2) is 27.9 Å². The van der Waals surface area contributed by atoms with Crippen molar-refractivity contribution in [2.24, 2.45) is 21.1 Å². The average molecular weight is 454 g/mol. The number of benzene rings is 1. The number of hydrogen-bond donors (Lipinski definition) is 0. The zero-order chi connectivity index (χ0) is 22.9. The van der Waals surface area contributed by atoms with E-state index in [2.05, 4.69) is 15.2 Å². The van der Waals surface area contributed by atoms with E-state index >= 15 is 0 Å². The third kappa shape index (κ3) is 3.10. The predicted molar refractivity (Wildman–Crippen MR) is 106 cm³/mol. The molecule has 0 unspecified atom stereocenters. The van der Waals surface area contributed by atoms with Crippen LogP contribution >= 0.6 is 0 Å². The fourth-order valence-corrected chi connectivity index (χ4v) is 4.57. The molecule has 3 heterocycles. The monoisotopic (exact) mass is 454 g/mol. The quantitative estimate of drug-likeness (QED) is 0.469. The van der Waals surface area contributed by atoms with Crippen LogP contribution in [-0.2, 0) is 37.2 Å². The first-order valence-electron chi connectivity index (χ1n) is 9.06. The van der Waals surface area contributed by atoms with Gasteiger partial charge in [-0.3, -0.25) is 9.13 Å². The maximum Gasteiger partial charge on any atom is 0.435 e. The van der Waals surface area contributed by atoms with Gasteiger partial charge in [-0.1, -0.05) is 6.92 Å². The Balaban J connectivity index is 2.10. The fraction of sp³-hybridized carbons (Fsp3) is 0.333. The summed E-state index contributed by atoms with van der Waals surface area (Å²) in [6.07, 6.45) is -4.70. The summed E-state index contributed by atoms with van der Waals surface area (Å²) in [6, 6.07) is 3.65. The SMILES string of the molecule is CCS(=O)(=O)c1cc2c(cc1-c1nc3cc(C(F)(F)F)nnc3n1C)n(C)c(=O)n2C. The summed E-state index contributed by atoms with van der Waals surface area (Å²) in [5, 5.41) is 6.83. The number of imidazole rings is 2. The zero-order valence-electron chi connectivity index (χ0n) is 16.9. The Morgan fingerprint density at radius 2 is 1.58 bits per heavy atom. The lowest BCUT2D eigenvalue weighted by atomic mass is 10.2. The molecule has 0 fully saturated rings. The predicted octanol–water partition coefficient (Wildman–Crippen LogP) is 2.03. The number of aryl methyl sites for hydroxylation is 3. The van der Waals surface area contributed by atoms with E-state index in [0.29, 0.717) is 11.0 Å². The van der Waals surface area contributed by atoms with Gasteiger partial charge in [-0.15, -0.1) is 10.2 Å². The van der Waals surface area contributed by atoms with Crippen LogP contribution in [0.4, 0.5) is 13.2 Å². The molecule has 9 nitrogen and oxygen atoms in total. The molecule has 13 heteroatoms. The Kier molecular flexibility index (Phi) is 4.50. The van der Waals surface area contributed by atoms with Crippen molar-refractivity contribution in [2.45, 2.75) is 18.0 Å². The lowest BCUT2D eigenvalue weighted by Gasteiger charge is -2.11. The van der Waals surface area contributed by atoms with Crippen molar-refractivity contribution < 1.29 is 21.6 Å². The highest BCUT2D eigenvalue weighted by Crippen LogP contribution is 2.34. The number of nitrogens with zero attached hydrogens (tertiary/aromatic N) is 6. The van der Waals surface area contributed by atoms with Crippen LogP contribution in [0.1, 0.15) is 12.6 Å². The normalized spacial score (nSPS) is 12.9. The molecule has 0 aliphatic carbocycles. The molecule has 0 amide bonds. The van der Waals surface area contributed by atoms with Crippen molar-refractivity contribution in [1.82, 2.24) is 28.9 Å². The second-order valence-corrected chi connectivity index (χ2v) is 9.32. The molecule has 0 saturated heterocycles. The molecule has 0 bridgehead atoms. The average Bonchev–Trinajstić information content (AvgIpc) is 3.16. The summed E-state index contributed by atoms with van der Waals surface area (Å²) < 4.78 is 68.8. The van der Waals surface area contributed by atoms with Gasteiger partial charge < -0.3 is 4.57 Å². The smallest absolute Gasteiger partial charge is 0.310 e. The Morgan fingerprint density at radius 1 is 0.968 bits per heavy atom. The first kappa shape index (κ1) is 21.0. The molecule has 4 aromatic rings. The molecule has 0 atom stereocenters. The minimum atomic E-state index is -4.70. The molecule has 0 aliphatic heterocycles. The van der Waals surface area contributed by atoms with Gasteiger partial charge in [0.1, 0.15) is 11.3 Å². The van der Waals surface area contributed by atoms with Crippen LogP contribution in [0.3, 0.4) is 0 Å². The highest BCUT2D eigenvalue weighted by atomic mass is 32.2. The van der Waals surface area contributed by atoms with Gasteiger partial charge in [-0.05, 0) is 12.1 Å². The highest BCUT2D eigenvalue weighted by Gasteiger charge is 2.34. The largest absolute Gasteiger partial charge is 0.435 e. The molecule has 1 aromatic carbocycles. The fourth-order valence-electron chi connectivity index (χ4n) is 3.48. The van der Waals surface area contributed by atoms with E-state index in [1.54, 1.807) is 7.05 Å². The van der Waals surface area contributed by atoms with E-state index < -0.39 is 21.7 Å². The second-order valence-electron chi connectivity index (χ2n) is 7.07. The number of rotatable bonds is 3. The van der Waals surface area contributed by atoms with E-state index in [0.717, 1.165) is 6.07 Å². The number of sulfone groups is 1. The minimum absolute atomic E-state index is 0.0601. The number of fused-ring (bicyclic) bond motifs is 2. The summed E-state index contributed by atoms with van der Waals surface area (Å²) in [6.45, 7) is 1.48. The number of alkyl halides is 3. The molecule has 0 aliphatic rings. The van der Waals surface area contributed by atoms with Crippen LogP contribution in [0.5, 0.6) is 0 Å². The Morgan fingerprint density at radius 3 is 2.16 bits per heavy atom. The van der Waals surface area contributed by atoms with Gasteiger partial charge in [-0.2, -0.15) is 13.2 Å². The number of aromatic nitrogens is 6. The third-order valence-electron chi connectivity index (χ3n) is 5.24. The maximum absolute atomic E-state index is 13.0. The van der Waals surface area contributed by atoms with Crippen molar-refractivity contribution in [1.29, 1.82) is 0 Å². The number of hydrogen-bond acceptors (Lipinski definition) is 6. The van der Waals surface area contributed by atoms with Gasteiger partial charge in [0.25, 0.3) is 0 Å². The van der Waals surface area contributed by atoms with Gasteiger partial charge in [0, 0.05) is 32.8 Å². The summed E-state index contributed by atoms with van der Waals surface area (Å²) in [7, 11) is 0.799. The maximum atomic E-state index is 13.0. The van der Waals surface area contributed by atoms with Gasteiger partial charge in [0.2, 0.25) is 0 Å². The van der Waals surface area contributed by atoms with Gasteiger partial charge in [0.05, 0.1) is 21.7 Å². The lowest BCUT2D eigenvalue weighted by molar-refractivity contribution is -0.141. The van der Waals surface area contributed by atoms with Crippen LogP contribution < -0.4 is 5.69 Å². The Bertz CT molecular complexity index is 1530. The first-order chi connectivity index (χ1) is 14.4. The summed E-state index contributed by atoms with van der Waals surface area (Å²) in [5.41, 5.74) is -0.561. The summed E-state index contributed by atoms with van der Waals surface area (Å²) in [4.78, 5) is 16.5. The zero-order valence-corrected chi connectivity index (χ0v) is 17.7. The van der Waals surface area contributed by atoms with E-state index in [1.165, 1.54) is 46.9 Å². The molecule has 3 aromatic heterocycles. The van der Waals surface area contributed by atoms with E-state index in [1.807, 2.05) is 0 Å². The van der Waals surface area contributed by atoms with E-state index in [4.69, 9.17) is 0 Å².